The molecular formula is C18H26N2O5. The molecule has 1 aromatic heterocycles. The number of aliphatic carboxylic acids is 1. The van der Waals surface area contributed by atoms with Crippen LogP contribution in [0.5, 0.6) is 5.75 Å². The molecule has 0 aliphatic carbocycles. The molecule has 0 radical (unpaired) electrons. The highest BCUT2D eigenvalue weighted by Crippen LogP contribution is 2.33. The molecule has 7 nitrogen and oxygen atoms in total. The lowest BCUT2D eigenvalue weighted by atomic mass is 9.92. The van der Waals surface area contributed by atoms with Crippen LogP contribution in [0, 0.1) is 0 Å². The number of rotatable bonds is 4. The summed E-state index contributed by atoms with van der Waals surface area (Å²) in [6, 6.07) is 1.73. The summed E-state index contributed by atoms with van der Waals surface area (Å²) in [6.45, 7) is 6.75. The molecule has 0 spiro atoms. The molecular weight excluding hydrogens is 324 g/mol. The third-order valence-electron chi connectivity index (χ3n) is 4.05. The molecule has 1 amide bonds. The monoisotopic (exact) mass is 350 g/mol. The van der Waals surface area contributed by atoms with Gasteiger partial charge in [0.15, 0.2) is 0 Å². The van der Waals surface area contributed by atoms with Gasteiger partial charge in [0.05, 0.1) is 19.2 Å². The number of pyridine rings is 1. The third-order valence-corrected chi connectivity index (χ3v) is 4.05. The van der Waals surface area contributed by atoms with Crippen molar-refractivity contribution in [1.82, 2.24) is 9.88 Å². The highest BCUT2D eigenvalue weighted by atomic mass is 16.6. The molecule has 0 bridgehead atoms. The Morgan fingerprint density at radius 1 is 1.32 bits per heavy atom. The Labute approximate surface area is 147 Å². The van der Waals surface area contributed by atoms with Crippen molar-refractivity contribution in [3.8, 4) is 5.75 Å². The highest BCUT2D eigenvalue weighted by molar-refractivity contribution is 5.70. The lowest BCUT2D eigenvalue weighted by Crippen LogP contribution is -2.41. The second-order valence-corrected chi connectivity index (χ2v) is 7.24. The number of piperidine rings is 1. The van der Waals surface area contributed by atoms with E-state index in [4.69, 9.17) is 14.6 Å². The van der Waals surface area contributed by atoms with E-state index in [0.717, 1.165) is 18.5 Å². The van der Waals surface area contributed by atoms with E-state index in [1.807, 2.05) is 20.8 Å². The number of hydrogen-bond donors (Lipinski definition) is 1. The second kappa shape index (κ2) is 7.72. The molecule has 0 unspecified atom stereocenters. The minimum atomic E-state index is -0.901. The SMILES string of the molecule is COc1cc(CC(=O)O)cnc1C1CCN(C(=O)OC(C)(C)C)CC1. The zero-order valence-electron chi connectivity index (χ0n) is 15.2. The number of amides is 1. The summed E-state index contributed by atoms with van der Waals surface area (Å²) >= 11 is 0. The zero-order chi connectivity index (χ0) is 18.6. The van der Waals surface area contributed by atoms with E-state index in [1.54, 1.807) is 24.3 Å². The van der Waals surface area contributed by atoms with Gasteiger partial charge in [-0.1, -0.05) is 0 Å². The molecule has 2 heterocycles. The first kappa shape index (κ1) is 19.0. The average Bonchev–Trinajstić information content (AvgIpc) is 2.52. The van der Waals surface area contributed by atoms with Crippen molar-refractivity contribution in [3.05, 3.63) is 23.5 Å². The standard InChI is InChI=1S/C18H26N2O5/c1-18(2,3)25-17(23)20-7-5-13(6-8-20)16-14(24-4)9-12(11-19-16)10-15(21)22/h9,11,13H,5-8,10H2,1-4H3,(H,21,22). The van der Waals surface area contributed by atoms with Crippen LogP contribution in [0.2, 0.25) is 0 Å². The number of carboxylic acid groups (broad SMARTS) is 1. The van der Waals surface area contributed by atoms with E-state index in [0.29, 0.717) is 24.4 Å². The van der Waals surface area contributed by atoms with Crippen LogP contribution in [0.25, 0.3) is 0 Å². The van der Waals surface area contributed by atoms with Gasteiger partial charge in [-0.25, -0.2) is 4.79 Å². The van der Waals surface area contributed by atoms with Gasteiger partial charge in [0, 0.05) is 25.2 Å². The summed E-state index contributed by atoms with van der Waals surface area (Å²) in [7, 11) is 1.56. The van der Waals surface area contributed by atoms with Gasteiger partial charge in [-0.05, 0) is 45.2 Å². The summed E-state index contributed by atoms with van der Waals surface area (Å²) in [6.07, 6.45) is 2.75. The van der Waals surface area contributed by atoms with Gasteiger partial charge in [-0.2, -0.15) is 0 Å². The molecule has 1 fully saturated rings. The molecule has 1 saturated heterocycles. The van der Waals surface area contributed by atoms with Crippen molar-refractivity contribution >= 4 is 12.1 Å². The number of nitrogens with zero attached hydrogens (tertiary/aromatic N) is 2. The van der Waals surface area contributed by atoms with E-state index >= 15 is 0 Å². The summed E-state index contributed by atoms with van der Waals surface area (Å²) in [5.74, 6) is -0.121. The van der Waals surface area contributed by atoms with Gasteiger partial charge >= 0.3 is 12.1 Å². The fourth-order valence-corrected chi connectivity index (χ4v) is 2.90. The van der Waals surface area contributed by atoms with Crippen LogP contribution in [0.1, 0.15) is 50.8 Å². The molecule has 1 N–H and O–H groups in total. The maximum absolute atomic E-state index is 12.1. The van der Waals surface area contributed by atoms with Crippen LogP contribution in [0.4, 0.5) is 4.79 Å². The predicted molar refractivity (Wildman–Crippen MR) is 91.9 cm³/mol. The predicted octanol–water partition coefficient (Wildman–Crippen LogP) is 2.83. The summed E-state index contributed by atoms with van der Waals surface area (Å²) in [5, 5.41) is 8.89. The van der Waals surface area contributed by atoms with Crippen molar-refractivity contribution < 1.29 is 24.2 Å². The number of hydrogen-bond acceptors (Lipinski definition) is 5. The first-order chi connectivity index (χ1) is 11.7. The molecule has 25 heavy (non-hydrogen) atoms. The van der Waals surface area contributed by atoms with Gasteiger partial charge in [-0.3, -0.25) is 9.78 Å². The van der Waals surface area contributed by atoms with E-state index in [9.17, 15) is 9.59 Å². The molecule has 7 heteroatoms. The fourth-order valence-electron chi connectivity index (χ4n) is 2.90. The molecule has 138 valence electrons. The van der Waals surface area contributed by atoms with Gasteiger partial charge in [-0.15, -0.1) is 0 Å². The molecule has 1 aromatic rings. The van der Waals surface area contributed by atoms with E-state index < -0.39 is 11.6 Å². The van der Waals surface area contributed by atoms with Crippen LogP contribution in [0.3, 0.4) is 0 Å². The lowest BCUT2D eigenvalue weighted by Gasteiger charge is -2.33. The Bertz CT molecular complexity index is 631. The van der Waals surface area contributed by atoms with Gasteiger partial charge < -0.3 is 19.5 Å². The average molecular weight is 350 g/mol. The molecule has 2 rings (SSSR count). The van der Waals surface area contributed by atoms with E-state index in [1.165, 1.54) is 0 Å². The smallest absolute Gasteiger partial charge is 0.410 e. The fraction of sp³-hybridized carbons (Fsp3) is 0.611. The van der Waals surface area contributed by atoms with Crippen LogP contribution in [0.15, 0.2) is 12.3 Å². The Balaban J connectivity index is 2.02. The first-order valence-electron chi connectivity index (χ1n) is 8.42. The Morgan fingerprint density at radius 3 is 2.48 bits per heavy atom. The van der Waals surface area contributed by atoms with Crippen molar-refractivity contribution in [1.29, 1.82) is 0 Å². The number of aromatic nitrogens is 1. The van der Waals surface area contributed by atoms with Gasteiger partial charge in [0.25, 0.3) is 0 Å². The number of methoxy groups -OCH3 is 1. The maximum atomic E-state index is 12.1. The maximum Gasteiger partial charge on any atom is 0.410 e. The van der Waals surface area contributed by atoms with Crippen LogP contribution in [-0.4, -0.2) is 52.9 Å². The molecule has 0 saturated carbocycles. The normalized spacial score (nSPS) is 15.8. The minimum absolute atomic E-state index is 0.0826. The third kappa shape index (κ3) is 5.34. The highest BCUT2D eigenvalue weighted by Gasteiger charge is 2.29. The van der Waals surface area contributed by atoms with E-state index in [2.05, 4.69) is 4.98 Å². The first-order valence-corrected chi connectivity index (χ1v) is 8.42. The van der Waals surface area contributed by atoms with Crippen molar-refractivity contribution in [3.63, 3.8) is 0 Å². The topological polar surface area (TPSA) is 89.0 Å². The summed E-state index contributed by atoms with van der Waals surface area (Å²) in [5.41, 5.74) is 0.929. The van der Waals surface area contributed by atoms with Gasteiger partial charge in [0.2, 0.25) is 0 Å². The minimum Gasteiger partial charge on any atom is -0.495 e. The Morgan fingerprint density at radius 2 is 1.96 bits per heavy atom. The zero-order valence-corrected chi connectivity index (χ0v) is 15.2. The number of carbonyl (C=O) groups excluding carboxylic acids is 1. The van der Waals surface area contributed by atoms with Crippen molar-refractivity contribution in [2.75, 3.05) is 20.2 Å². The van der Waals surface area contributed by atoms with Crippen LogP contribution >= 0.6 is 0 Å². The summed E-state index contributed by atoms with van der Waals surface area (Å²) < 4.78 is 10.8. The van der Waals surface area contributed by atoms with Crippen molar-refractivity contribution in [2.45, 2.75) is 51.6 Å². The second-order valence-electron chi connectivity index (χ2n) is 7.24. The van der Waals surface area contributed by atoms with Crippen LogP contribution < -0.4 is 4.74 Å². The molecule has 1 aliphatic heterocycles. The van der Waals surface area contributed by atoms with Gasteiger partial charge in [0.1, 0.15) is 11.4 Å². The van der Waals surface area contributed by atoms with Crippen molar-refractivity contribution in [2.24, 2.45) is 0 Å². The Hall–Kier alpha value is -2.31. The molecule has 0 atom stereocenters. The number of carbonyl (C=O) groups is 2. The Kier molecular flexibility index (Phi) is 5.87. The number of ether oxygens (including phenoxy) is 2. The van der Waals surface area contributed by atoms with Crippen LogP contribution in [-0.2, 0) is 16.0 Å². The molecule has 0 aromatic carbocycles. The lowest BCUT2D eigenvalue weighted by molar-refractivity contribution is -0.136. The quantitative estimate of drug-likeness (QED) is 0.898. The van der Waals surface area contributed by atoms with E-state index in [-0.39, 0.29) is 18.4 Å². The largest absolute Gasteiger partial charge is 0.495 e. The molecule has 1 aliphatic rings. The number of likely N-dealkylation sites (tertiary alicyclic amines) is 1. The number of carboxylic acids is 1. The summed E-state index contributed by atoms with van der Waals surface area (Å²) in [4.78, 5) is 29.1.